The normalized spacial score (nSPS) is 29.2. The fourth-order valence-electron chi connectivity index (χ4n) is 1.31. The number of aliphatic hydroxyl groups excluding tert-OH is 1. The minimum absolute atomic E-state index is 0. The Hall–Kier alpha value is 0.170. The van der Waals surface area contributed by atoms with Gasteiger partial charge in [0.15, 0.2) is 0 Å². The van der Waals surface area contributed by atoms with E-state index in [4.69, 9.17) is 5.11 Å². The number of aliphatic hydroxyl groups is 2. The van der Waals surface area contributed by atoms with Crippen molar-refractivity contribution in [3.8, 4) is 0 Å². The molecule has 3 nitrogen and oxygen atoms in total. The second-order valence-corrected chi connectivity index (χ2v) is 3.21. The summed E-state index contributed by atoms with van der Waals surface area (Å²) in [6.45, 7) is 3.33. The fraction of sp³-hybridized carbons (Fsp3) is 1.00. The first kappa shape index (κ1) is 11.2. The van der Waals surface area contributed by atoms with Crippen molar-refractivity contribution in [1.29, 1.82) is 0 Å². The van der Waals surface area contributed by atoms with E-state index in [1.807, 2.05) is 0 Å². The lowest BCUT2D eigenvalue weighted by Gasteiger charge is -2.26. The summed E-state index contributed by atoms with van der Waals surface area (Å²) in [5, 5.41) is 21.5. The molecule has 0 aromatic heterocycles. The van der Waals surface area contributed by atoms with Crippen LogP contribution in [0.15, 0.2) is 0 Å². The maximum absolute atomic E-state index is 9.53. The Morgan fingerprint density at radius 3 is 2.64 bits per heavy atom. The molecule has 2 unspecified atom stereocenters. The zero-order valence-electron chi connectivity index (χ0n) is 6.71. The molecule has 0 bridgehead atoms. The van der Waals surface area contributed by atoms with Gasteiger partial charge in [-0.2, -0.15) is 0 Å². The number of nitrogens with one attached hydrogen (secondary N) is 1. The molecule has 0 amide bonds. The summed E-state index contributed by atoms with van der Waals surface area (Å²) < 4.78 is 0. The average molecular weight is 182 g/mol. The van der Waals surface area contributed by atoms with Gasteiger partial charge in [-0.05, 0) is 19.9 Å². The van der Waals surface area contributed by atoms with Crippen LogP contribution in [0, 0.1) is 5.92 Å². The maximum Gasteiger partial charge on any atom is 0.0889 e. The molecule has 1 heterocycles. The molecule has 1 aliphatic rings. The van der Waals surface area contributed by atoms with Crippen LogP contribution in [0.2, 0.25) is 0 Å². The van der Waals surface area contributed by atoms with Crippen LogP contribution in [0.1, 0.15) is 13.3 Å². The average Bonchev–Trinajstić information content (AvgIpc) is 2.38. The summed E-state index contributed by atoms with van der Waals surface area (Å²) in [4.78, 5) is 0. The summed E-state index contributed by atoms with van der Waals surface area (Å²) in [5.74, 6) is 0.220. The molecule has 0 aromatic rings. The minimum Gasteiger partial charge on any atom is -0.393 e. The van der Waals surface area contributed by atoms with Gasteiger partial charge in [0, 0.05) is 12.5 Å². The number of hydrogen-bond donors (Lipinski definition) is 3. The van der Waals surface area contributed by atoms with Crippen LogP contribution in [0.3, 0.4) is 0 Å². The lowest BCUT2D eigenvalue weighted by Crippen LogP contribution is -2.39. The van der Waals surface area contributed by atoms with Gasteiger partial charge in [-0.15, -0.1) is 12.4 Å². The van der Waals surface area contributed by atoms with E-state index in [1.54, 1.807) is 6.92 Å². The molecule has 1 aliphatic heterocycles. The Bertz CT molecular complexity index is 113. The zero-order valence-corrected chi connectivity index (χ0v) is 7.52. The van der Waals surface area contributed by atoms with E-state index in [0.717, 1.165) is 19.5 Å². The van der Waals surface area contributed by atoms with E-state index in [9.17, 15) is 5.11 Å². The van der Waals surface area contributed by atoms with Crippen LogP contribution in [-0.2, 0) is 0 Å². The van der Waals surface area contributed by atoms with Gasteiger partial charge in [-0.3, -0.25) is 0 Å². The van der Waals surface area contributed by atoms with Crippen LogP contribution in [0.4, 0.5) is 0 Å². The molecule has 1 rings (SSSR count). The maximum atomic E-state index is 9.53. The Kier molecular flexibility index (Phi) is 4.32. The summed E-state index contributed by atoms with van der Waals surface area (Å²) in [5.41, 5.74) is -0.885. The third-order valence-corrected chi connectivity index (χ3v) is 2.26. The van der Waals surface area contributed by atoms with Crippen LogP contribution in [0.25, 0.3) is 0 Å². The molecule has 68 valence electrons. The van der Waals surface area contributed by atoms with Crippen molar-refractivity contribution in [3.05, 3.63) is 0 Å². The zero-order chi connectivity index (χ0) is 7.61. The second kappa shape index (κ2) is 4.26. The van der Waals surface area contributed by atoms with Crippen LogP contribution >= 0.6 is 12.4 Å². The smallest absolute Gasteiger partial charge is 0.0889 e. The van der Waals surface area contributed by atoms with E-state index in [0.29, 0.717) is 0 Å². The van der Waals surface area contributed by atoms with Gasteiger partial charge in [0.25, 0.3) is 0 Å². The van der Waals surface area contributed by atoms with Crippen molar-refractivity contribution >= 4 is 12.4 Å². The van der Waals surface area contributed by atoms with E-state index in [1.165, 1.54) is 0 Å². The molecule has 1 fully saturated rings. The highest BCUT2D eigenvalue weighted by molar-refractivity contribution is 5.85. The van der Waals surface area contributed by atoms with E-state index in [-0.39, 0.29) is 24.9 Å². The molecule has 0 radical (unpaired) electrons. The number of halogens is 1. The van der Waals surface area contributed by atoms with E-state index < -0.39 is 5.60 Å². The van der Waals surface area contributed by atoms with Gasteiger partial charge in [0.1, 0.15) is 0 Å². The van der Waals surface area contributed by atoms with E-state index in [2.05, 4.69) is 5.32 Å². The largest absolute Gasteiger partial charge is 0.393 e. The van der Waals surface area contributed by atoms with E-state index >= 15 is 0 Å². The second-order valence-electron chi connectivity index (χ2n) is 3.21. The number of rotatable bonds is 2. The fourth-order valence-corrected chi connectivity index (χ4v) is 1.31. The van der Waals surface area contributed by atoms with Crippen molar-refractivity contribution in [2.45, 2.75) is 18.9 Å². The first-order chi connectivity index (χ1) is 4.67. The Balaban J connectivity index is 0.000001000. The first-order valence-electron chi connectivity index (χ1n) is 3.71. The van der Waals surface area contributed by atoms with Crippen molar-refractivity contribution < 1.29 is 10.2 Å². The van der Waals surface area contributed by atoms with Crippen LogP contribution < -0.4 is 5.32 Å². The predicted octanol–water partition coefficient (Wildman–Crippen LogP) is -0.239. The lowest BCUT2D eigenvalue weighted by atomic mass is 9.89. The summed E-state index contributed by atoms with van der Waals surface area (Å²) in [7, 11) is 0. The monoisotopic (exact) mass is 181 g/mol. The lowest BCUT2D eigenvalue weighted by molar-refractivity contribution is -0.0402. The molecule has 2 atom stereocenters. The molecule has 0 aromatic carbocycles. The standard InChI is InChI=1S/C7H15NO2.ClH/c1-7(10,5-9)6-2-3-8-4-6;/h6,8-10H,2-5H2,1H3;1H. The molecular formula is C7H16ClNO2. The Labute approximate surface area is 73.2 Å². The van der Waals surface area contributed by atoms with Gasteiger partial charge in [-0.25, -0.2) is 0 Å². The molecule has 3 N–H and O–H groups in total. The quantitative estimate of drug-likeness (QED) is 0.551. The molecule has 11 heavy (non-hydrogen) atoms. The highest BCUT2D eigenvalue weighted by Crippen LogP contribution is 2.21. The molecular weight excluding hydrogens is 166 g/mol. The van der Waals surface area contributed by atoms with Crippen LogP contribution in [0.5, 0.6) is 0 Å². The van der Waals surface area contributed by atoms with Gasteiger partial charge in [0.05, 0.1) is 12.2 Å². The van der Waals surface area contributed by atoms with Crippen molar-refractivity contribution in [1.82, 2.24) is 5.32 Å². The number of hydrogen-bond acceptors (Lipinski definition) is 3. The summed E-state index contributed by atoms with van der Waals surface area (Å²) in [6, 6.07) is 0. The van der Waals surface area contributed by atoms with Gasteiger partial charge in [-0.1, -0.05) is 0 Å². The highest BCUT2D eigenvalue weighted by Gasteiger charge is 2.32. The molecule has 4 heteroatoms. The predicted molar refractivity (Wildman–Crippen MR) is 45.9 cm³/mol. The van der Waals surface area contributed by atoms with Gasteiger partial charge < -0.3 is 15.5 Å². The van der Waals surface area contributed by atoms with Gasteiger partial charge >= 0.3 is 0 Å². The minimum atomic E-state index is -0.885. The Morgan fingerprint density at radius 2 is 2.27 bits per heavy atom. The SMILES string of the molecule is CC(O)(CO)C1CCNC1.Cl. The van der Waals surface area contributed by atoms with Crippen molar-refractivity contribution in [3.63, 3.8) is 0 Å². The Morgan fingerprint density at radius 1 is 1.64 bits per heavy atom. The molecule has 0 spiro atoms. The van der Waals surface area contributed by atoms with Crippen molar-refractivity contribution in [2.24, 2.45) is 5.92 Å². The topological polar surface area (TPSA) is 52.5 Å². The highest BCUT2D eigenvalue weighted by atomic mass is 35.5. The molecule has 1 saturated heterocycles. The first-order valence-corrected chi connectivity index (χ1v) is 3.71. The van der Waals surface area contributed by atoms with Crippen LogP contribution in [-0.4, -0.2) is 35.5 Å². The van der Waals surface area contributed by atoms with Crippen molar-refractivity contribution in [2.75, 3.05) is 19.7 Å². The van der Waals surface area contributed by atoms with Gasteiger partial charge in [0.2, 0.25) is 0 Å². The molecule has 0 aliphatic carbocycles. The summed E-state index contributed by atoms with van der Waals surface area (Å²) in [6.07, 6.45) is 0.966. The third-order valence-electron chi connectivity index (χ3n) is 2.26. The summed E-state index contributed by atoms with van der Waals surface area (Å²) >= 11 is 0. The third kappa shape index (κ3) is 2.60. The molecule has 0 saturated carbocycles.